The molecule has 0 heterocycles. The molecule has 4 aromatic carbocycles. The highest BCUT2D eigenvalue weighted by atomic mass is 35.5. The van der Waals surface area contributed by atoms with Crippen molar-refractivity contribution in [2.75, 3.05) is 9.62 Å². The van der Waals surface area contributed by atoms with Crippen LogP contribution in [0.2, 0.25) is 5.02 Å². The third-order valence-corrected chi connectivity index (χ3v) is 7.32. The molecule has 4 aromatic rings. The fourth-order valence-electron chi connectivity index (χ4n) is 3.50. The van der Waals surface area contributed by atoms with Crippen LogP contribution in [-0.2, 0) is 16.6 Å². The Hall–Kier alpha value is -3.61. The molecule has 0 saturated carbocycles. The van der Waals surface area contributed by atoms with E-state index in [2.05, 4.69) is 5.32 Å². The number of anilines is 2. The Kier molecular flexibility index (Phi) is 7.01. The zero-order chi connectivity index (χ0) is 24.1. The average Bonchev–Trinajstić information content (AvgIpc) is 2.84. The molecular formula is C27H23ClN2O3S. The van der Waals surface area contributed by atoms with E-state index >= 15 is 0 Å². The quantitative estimate of drug-likeness (QED) is 0.330. The second-order valence-electron chi connectivity index (χ2n) is 7.79. The van der Waals surface area contributed by atoms with E-state index in [0.717, 1.165) is 11.1 Å². The first-order chi connectivity index (χ1) is 16.3. The fourth-order valence-corrected chi connectivity index (χ4v) is 5.09. The molecule has 0 atom stereocenters. The Morgan fingerprint density at radius 2 is 1.44 bits per heavy atom. The SMILES string of the molecule is Cc1ccc(S(=O)(=O)N(Cc2ccc(Cl)cc2)c2ccccc2C(=O)Nc2ccccc2)cc1. The molecule has 7 heteroatoms. The van der Waals surface area contributed by atoms with Crippen LogP contribution in [0.3, 0.4) is 0 Å². The molecule has 0 fully saturated rings. The third-order valence-electron chi connectivity index (χ3n) is 5.30. The van der Waals surface area contributed by atoms with Crippen LogP contribution in [0.25, 0.3) is 0 Å². The first kappa shape index (κ1) is 23.5. The van der Waals surface area contributed by atoms with Crippen LogP contribution >= 0.6 is 11.6 Å². The van der Waals surface area contributed by atoms with Crippen molar-refractivity contribution >= 4 is 38.9 Å². The van der Waals surface area contributed by atoms with Gasteiger partial charge in [0.15, 0.2) is 0 Å². The van der Waals surface area contributed by atoms with Crippen LogP contribution < -0.4 is 9.62 Å². The van der Waals surface area contributed by atoms with Gasteiger partial charge in [-0.25, -0.2) is 8.42 Å². The third kappa shape index (κ3) is 5.30. The van der Waals surface area contributed by atoms with Gasteiger partial charge in [-0.3, -0.25) is 9.10 Å². The van der Waals surface area contributed by atoms with E-state index in [4.69, 9.17) is 11.6 Å². The van der Waals surface area contributed by atoms with Crippen molar-refractivity contribution in [2.45, 2.75) is 18.4 Å². The average molecular weight is 491 g/mol. The van der Waals surface area contributed by atoms with E-state index in [1.165, 1.54) is 4.31 Å². The molecule has 0 aliphatic carbocycles. The lowest BCUT2D eigenvalue weighted by atomic mass is 10.1. The van der Waals surface area contributed by atoms with Gasteiger partial charge in [-0.2, -0.15) is 0 Å². The molecule has 172 valence electrons. The Morgan fingerprint density at radius 3 is 2.12 bits per heavy atom. The van der Waals surface area contributed by atoms with Gasteiger partial charge < -0.3 is 5.32 Å². The number of benzene rings is 4. The van der Waals surface area contributed by atoms with Crippen LogP contribution in [0.5, 0.6) is 0 Å². The highest BCUT2D eigenvalue weighted by molar-refractivity contribution is 7.92. The zero-order valence-electron chi connectivity index (χ0n) is 18.5. The molecule has 0 spiro atoms. The standard InChI is InChI=1S/C27H23ClN2O3S/c1-20-11-17-24(18-12-20)34(32,33)30(19-21-13-15-22(28)16-14-21)26-10-6-5-9-25(26)27(31)29-23-7-3-2-4-8-23/h2-18H,19H2,1H3,(H,29,31). The Bertz CT molecular complexity index is 1390. The van der Waals surface area contributed by atoms with Crippen LogP contribution in [0.1, 0.15) is 21.5 Å². The normalized spacial score (nSPS) is 11.1. The smallest absolute Gasteiger partial charge is 0.264 e. The number of sulfonamides is 1. The summed E-state index contributed by atoms with van der Waals surface area (Å²) in [5, 5.41) is 3.40. The number of hydrogen-bond acceptors (Lipinski definition) is 3. The summed E-state index contributed by atoms with van der Waals surface area (Å²) < 4.78 is 28.9. The molecule has 34 heavy (non-hydrogen) atoms. The van der Waals surface area contributed by atoms with Gasteiger partial charge in [0.2, 0.25) is 0 Å². The Balaban J connectivity index is 1.80. The second-order valence-corrected chi connectivity index (χ2v) is 10.1. The molecule has 0 saturated heterocycles. The van der Waals surface area contributed by atoms with E-state index in [0.29, 0.717) is 10.7 Å². The van der Waals surface area contributed by atoms with Crippen LogP contribution in [-0.4, -0.2) is 14.3 Å². The van der Waals surface area contributed by atoms with Gasteiger partial charge in [-0.05, 0) is 61.0 Å². The molecule has 1 N–H and O–H groups in total. The summed E-state index contributed by atoms with van der Waals surface area (Å²) in [4.78, 5) is 13.3. The summed E-state index contributed by atoms with van der Waals surface area (Å²) in [7, 11) is -3.99. The molecule has 5 nitrogen and oxygen atoms in total. The van der Waals surface area contributed by atoms with Crippen molar-refractivity contribution in [3.05, 3.63) is 125 Å². The maximum absolute atomic E-state index is 13.8. The molecule has 0 aliphatic rings. The van der Waals surface area contributed by atoms with E-state index < -0.39 is 15.9 Å². The van der Waals surface area contributed by atoms with Crippen molar-refractivity contribution < 1.29 is 13.2 Å². The number of halogens is 1. The Labute approximate surface area is 204 Å². The number of hydrogen-bond donors (Lipinski definition) is 1. The number of carbonyl (C=O) groups is 1. The van der Waals surface area contributed by atoms with Crippen LogP contribution in [0.15, 0.2) is 108 Å². The molecule has 0 bridgehead atoms. The maximum atomic E-state index is 13.8. The summed E-state index contributed by atoms with van der Waals surface area (Å²) in [5.41, 5.74) is 2.83. The van der Waals surface area contributed by atoms with Crippen molar-refractivity contribution in [2.24, 2.45) is 0 Å². The molecule has 4 rings (SSSR count). The highest BCUT2D eigenvalue weighted by Gasteiger charge is 2.28. The predicted octanol–water partition coefficient (Wildman–Crippen LogP) is 6.30. The lowest BCUT2D eigenvalue weighted by Gasteiger charge is -2.27. The predicted molar refractivity (Wildman–Crippen MR) is 137 cm³/mol. The summed E-state index contributed by atoms with van der Waals surface area (Å²) >= 11 is 6.02. The minimum atomic E-state index is -3.99. The van der Waals surface area contributed by atoms with Gasteiger partial charge in [0.25, 0.3) is 15.9 Å². The van der Waals surface area contributed by atoms with Gasteiger partial charge >= 0.3 is 0 Å². The second kappa shape index (κ2) is 10.1. The van der Waals surface area contributed by atoms with Crippen LogP contribution in [0, 0.1) is 6.92 Å². The minimum absolute atomic E-state index is 0.0308. The van der Waals surface area contributed by atoms with E-state index in [1.54, 1.807) is 84.9 Å². The molecule has 0 aromatic heterocycles. The number of para-hydroxylation sites is 2. The largest absolute Gasteiger partial charge is 0.322 e. The van der Waals surface area contributed by atoms with Gasteiger partial charge in [-0.1, -0.05) is 71.8 Å². The molecule has 0 radical (unpaired) electrons. The van der Waals surface area contributed by atoms with Gasteiger partial charge in [0.05, 0.1) is 22.7 Å². The number of carbonyl (C=O) groups excluding carboxylic acids is 1. The molecule has 0 aliphatic heterocycles. The number of rotatable bonds is 7. The number of nitrogens with one attached hydrogen (secondary N) is 1. The monoisotopic (exact) mass is 490 g/mol. The van der Waals surface area contributed by atoms with Gasteiger partial charge in [-0.15, -0.1) is 0 Å². The van der Waals surface area contributed by atoms with Crippen LogP contribution in [0.4, 0.5) is 11.4 Å². The highest BCUT2D eigenvalue weighted by Crippen LogP contribution is 2.30. The van der Waals surface area contributed by atoms with E-state index in [1.807, 2.05) is 25.1 Å². The molecule has 0 unspecified atom stereocenters. The maximum Gasteiger partial charge on any atom is 0.264 e. The van der Waals surface area contributed by atoms with Crippen molar-refractivity contribution in [1.29, 1.82) is 0 Å². The fraction of sp³-hybridized carbons (Fsp3) is 0.0741. The van der Waals surface area contributed by atoms with E-state index in [-0.39, 0.29) is 22.7 Å². The van der Waals surface area contributed by atoms with Crippen molar-refractivity contribution in [3.63, 3.8) is 0 Å². The minimum Gasteiger partial charge on any atom is -0.322 e. The Morgan fingerprint density at radius 1 is 0.824 bits per heavy atom. The first-order valence-corrected chi connectivity index (χ1v) is 12.5. The summed E-state index contributed by atoms with van der Waals surface area (Å²) in [6.45, 7) is 1.92. The summed E-state index contributed by atoms with van der Waals surface area (Å²) in [6.07, 6.45) is 0. The number of amides is 1. The van der Waals surface area contributed by atoms with Gasteiger partial charge in [0.1, 0.15) is 0 Å². The van der Waals surface area contributed by atoms with Gasteiger partial charge in [0, 0.05) is 10.7 Å². The lowest BCUT2D eigenvalue weighted by Crippen LogP contribution is -2.32. The molecular weight excluding hydrogens is 468 g/mol. The number of aryl methyl sites for hydroxylation is 1. The zero-order valence-corrected chi connectivity index (χ0v) is 20.1. The number of nitrogens with zero attached hydrogens (tertiary/aromatic N) is 1. The summed E-state index contributed by atoms with van der Waals surface area (Å²) in [6, 6.07) is 29.3. The van der Waals surface area contributed by atoms with Crippen molar-refractivity contribution in [3.8, 4) is 0 Å². The lowest BCUT2D eigenvalue weighted by molar-refractivity contribution is 0.102. The van der Waals surface area contributed by atoms with Crippen molar-refractivity contribution in [1.82, 2.24) is 0 Å². The molecule has 1 amide bonds. The summed E-state index contributed by atoms with van der Waals surface area (Å²) in [5.74, 6) is -0.401. The first-order valence-electron chi connectivity index (χ1n) is 10.6. The topological polar surface area (TPSA) is 66.5 Å². The van der Waals surface area contributed by atoms with E-state index in [9.17, 15) is 13.2 Å².